The van der Waals surface area contributed by atoms with Crippen LogP contribution < -0.4 is 4.90 Å². The molecule has 0 spiro atoms. The summed E-state index contributed by atoms with van der Waals surface area (Å²) in [5.41, 5.74) is 23.2. The van der Waals surface area contributed by atoms with Crippen molar-refractivity contribution in [2.75, 3.05) is 4.90 Å². The maximum absolute atomic E-state index is 2.39. The third-order valence-electron chi connectivity index (χ3n) is 14.1. The van der Waals surface area contributed by atoms with E-state index in [0.29, 0.717) is 0 Å². The van der Waals surface area contributed by atoms with Gasteiger partial charge in [-0.1, -0.05) is 226 Å². The molecule has 1 aliphatic carbocycles. The van der Waals surface area contributed by atoms with Gasteiger partial charge in [0.2, 0.25) is 0 Å². The van der Waals surface area contributed by atoms with Gasteiger partial charge in [-0.15, -0.1) is 0 Å². The summed E-state index contributed by atoms with van der Waals surface area (Å²) in [6.07, 6.45) is 0. The topological polar surface area (TPSA) is 3.24 Å². The molecule has 0 saturated carbocycles. The van der Waals surface area contributed by atoms with Crippen LogP contribution in [0.1, 0.15) is 25.0 Å². The Labute approximate surface area is 399 Å². The van der Waals surface area contributed by atoms with E-state index in [0.717, 1.165) is 17.1 Å². The van der Waals surface area contributed by atoms with Gasteiger partial charge < -0.3 is 4.90 Å². The molecule has 0 aliphatic heterocycles. The van der Waals surface area contributed by atoms with Crippen LogP contribution in [0.4, 0.5) is 17.1 Å². The Morgan fingerprint density at radius 2 is 0.662 bits per heavy atom. The van der Waals surface area contributed by atoms with Crippen molar-refractivity contribution in [2.45, 2.75) is 19.3 Å². The van der Waals surface area contributed by atoms with Gasteiger partial charge in [-0.3, -0.25) is 0 Å². The first-order valence-corrected chi connectivity index (χ1v) is 23.6. The summed E-state index contributed by atoms with van der Waals surface area (Å²) >= 11 is 0. The van der Waals surface area contributed by atoms with Crippen LogP contribution in [-0.4, -0.2) is 0 Å². The van der Waals surface area contributed by atoms with Crippen molar-refractivity contribution in [3.8, 4) is 77.9 Å². The van der Waals surface area contributed by atoms with Crippen molar-refractivity contribution in [3.05, 3.63) is 272 Å². The largest absolute Gasteiger partial charge is 0.310 e. The van der Waals surface area contributed by atoms with Crippen molar-refractivity contribution in [2.24, 2.45) is 0 Å². The van der Waals surface area contributed by atoms with E-state index in [4.69, 9.17) is 0 Å². The number of anilines is 3. The van der Waals surface area contributed by atoms with Crippen molar-refractivity contribution in [1.29, 1.82) is 0 Å². The second kappa shape index (κ2) is 17.0. The van der Waals surface area contributed by atoms with E-state index in [-0.39, 0.29) is 5.41 Å². The lowest BCUT2D eigenvalue weighted by Gasteiger charge is -2.27. The van der Waals surface area contributed by atoms with Gasteiger partial charge in [-0.2, -0.15) is 0 Å². The highest BCUT2D eigenvalue weighted by atomic mass is 15.1. The lowest BCUT2D eigenvalue weighted by atomic mass is 9.79. The molecule has 0 fully saturated rings. The van der Waals surface area contributed by atoms with E-state index >= 15 is 0 Å². The lowest BCUT2D eigenvalue weighted by molar-refractivity contribution is 0.662. The van der Waals surface area contributed by atoms with E-state index in [2.05, 4.69) is 280 Å². The maximum atomic E-state index is 2.39. The normalized spacial score (nSPS) is 12.4. The zero-order valence-corrected chi connectivity index (χ0v) is 38.3. The minimum atomic E-state index is -0.0987. The van der Waals surface area contributed by atoms with Crippen LogP contribution in [0.5, 0.6) is 0 Å². The molecule has 1 heteroatoms. The number of hydrogen-bond donors (Lipinski definition) is 0. The quantitative estimate of drug-likeness (QED) is 0.140. The van der Waals surface area contributed by atoms with Crippen molar-refractivity contribution in [3.63, 3.8) is 0 Å². The number of rotatable bonds is 9. The molecule has 68 heavy (non-hydrogen) atoms. The molecule has 11 aromatic rings. The minimum absolute atomic E-state index is 0.0987. The number of nitrogens with zero attached hydrogens (tertiary/aromatic N) is 1. The second-order valence-corrected chi connectivity index (χ2v) is 18.5. The summed E-state index contributed by atoms with van der Waals surface area (Å²) in [4.78, 5) is 2.39. The van der Waals surface area contributed by atoms with Crippen LogP contribution in [0.2, 0.25) is 0 Å². The molecule has 0 saturated heterocycles. The van der Waals surface area contributed by atoms with Crippen molar-refractivity contribution < 1.29 is 0 Å². The van der Waals surface area contributed by atoms with Crippen LogP contribution in [0.3, 0.4) is 0 Å². The predicted octanol–water partition coefficient (Wildman–Crippen LogP) is 18.6. The monoisotopic (exact) mass is 867 g/mol. The Kier molecular flexibility index (Phi) is 10.3. The summed E-state index contributed by atoms with van der Waals surface area (Å²) in [6.45, 7) is 4.73. The lowest BCUT2D eigenvalue weighted by Crippen LogP contribution is -2.16. The molecule has 0 bridgehead atoms. The average Bonchev–Trinajstić information content (AvgIpc) is 3.65. The molecule has 1 aliphatic rings. The summed E-state index contributed by atoms with van der Waals surface area (Å²) in [6, 6.07) is 95.4. The molecule has 0 N–H and O–H groups in total. The third kappa shape index (κ3) is 7.49. The van der Waals surface area contributed by atoms with E-state index in [1.54, 1.807) is 0 Å². The SMILES string of the molecule is CC1(C)c2ccccc2-c2cccc(-c3ccc(N(c4ccc(-c5ccc(-c6cccc(-c7ccc8ccccc8c7)c6)cc5)cc4)c4cccc(-c5ccc(-c6ccccc6)cc5)c4)cc3)c21. The Balaban J connectivity index is 0.871. The van der Waals surface area contributed by atoms with Crippen LogP contribution in [-0.2, 0) is 5.41 Å². The fraction of sp³-hybridized carbons (Fsp3) is 0.0448. The zero-order valence-electron chi connectivity index (χ0n) is 38.3. The first-order chi connectivity index (χ1) is 33.4. The van der Waals surface area contributed by atoms with E-state index < -0.39 is 0 Å². The van der Waals surface area contributed by atoms with Gasteiger partial charge in [0, 0.05) is 22.5 Å². The highest BCUT2D eigenvalue weighted by Crippen LogP contribution is 2.52. The van der Waals surface area contributed by atoms with Crippen LogP contribution >= 0.6 is 0 Å². The number of fused-ring (bicyclic) bond motifs is 4. The molecular weight excluding hydrogens is 819 g/mol. The molecule has 1 nitrogen and oxygen atoms in total. The Hall–Kier alpha value is -8.52. The number of hydrogen-bond acceptors (Lipinski definition) is 1. The fourth-order valence-electron chi connectivity index (χ4n) is 10.5. The molecule has 0 amide bonds. The molecular formula is C67H49N. The summed E-state index contributed by atoms with van der Waals surface area (Å²) < 4.78 is 0. The molecule has 0 atom stereocenters. The van der Waals surface area contributed by atoms with Gasteiger partial charge >= 0.3 is 0 Å². The summed E-state index contributed by atoms with van der Waals surface area (Å²) in [5, 5.41) is 2.52. The highest BCUT2D eigenvalue weighted by Gasteiger charge is 2.37. The standard InChI is InChI=1S/C67H49N/c1-67(2)65-24-9-8-21-63(65)64-23-12-22-62(66(64)67)53-37-41-60(42-38-53)68(61-20-11-19-57(45-61)52-31-25-48(26-32-52)46-13-4-3-5-14-46)59-39-35-50(36-40-59)49-27-29-51(30-28-49)55-17-10-18-56(43-55)58-34-33-47-15-6-7-16-54(47)44-58/h3-45H,1-2H3. The van der Waals surface area contributed by atoms with Crippen molar-refractivity contribution >= 4 is 27.8 Å². The fourth-order valence-corrected chi connectivity index (χ4v) is 10.5. The van der Waals surface area contributed by atoms with Gasteiger partial charge in [-0.25, -0.2) is 0 Å². The van der Waals surface area contributed by atoms with Crippen molar-refractivity contribution in [1.82, 2.24) is 0 Å². The van der Waals surface area contributed by atoms with E-state index in [1.807, 2.05) is 0 Å². The molecule has 12 rings (SSSR count). The molecule has 0 heterocycles. The smallest absolute Gasteiger partial charge is 0.0467 e. The first kappa shape index (κ1) is 40.9. The van der Waals surface area contributed by atoms with Gasteiger partial charge in [-0.05, 0) is 148 Å². The van der Waals surface area contributed by atoms with Crippen LogP contribution in [0, 0.1) is 0 Å². The second-order valence-electron chi connectivity index (χ2n) is 18.5. The van der Waals surface area contributed by atoms with Gasteiger partial charge in [0.25, 0.3) is 0 Å². The molecule has 0 unspecified atom stereocenters. The Morgan fingerprint density at radius 1 is 0.250 bits per heavy atom. The Morgan fingerprint density at radius 3 is 1.32 bits per heavy atom. The highest BCUT2D eigenvalue weighted by molar-refractivity contribution is 5.90. The molecule has 322 valence electrons. The molecule has 0 aromatic heterocycles. The number of benzene rings is 11. The zero-order chi connectivity index (χ0) is 45.6. The van der Waals surface area contributed by atoms with Crippen LogP contribution in [0.25, 0.3) is 88.7 Å². The van der Waals surface area contributed by atoms with Crippen LogP contribution in [0.15, 0.2) is 261 Å². The average molecular weight is 868 g/mol. The van der Waals surface area contributed by atoms with E-state index in [9.17, 15) is 0 Å². The van der Waals surface area contributed by atoms with E-state index in [1.165, 1.54) is 99.8 Å². The maximum Gasteiger partial charge on any atom is 0.0467 e. The van der Waals surface area contributed by atoms with Gasteiger partial charge in [0.05, 0.1) is 0 Å². The first-order valence-electron chi connectivity index (χ1n) is 23.6. The Bertz CT molecular complexity index is 3600. The van der Waals surface area contributed by atoms with Gasteiger partial charge in [0.1, 0.15) is 0 Å². The minimum Gasteiger partial charge on any atom is -0.310 e. The molecule has 0 radical (unpaired) electrons. The third-order valence-corrected chi connectivity index (χ3v) is 14.1. The summed E-state index contributed by atoms with van der Waals surface area (Å²) in [5.74, 6) is 0. The molecule has 11 aromatic carbocycles. The van der Waals surface area contributed by atoms with Gasteiger partial charge in [0.15, 0.2) is 0 Å². The predicted molar refractivity (Wildman–Crippen MR) is 289 cm³/mol. The summed E-state index contributed by atoms with van der Waals surface area (Å²) in [7, 11) is 0.